The topological polar surface area (TPSA) is 136 Å². The second kappa shape index (κ2) is 4.13. The molecule has 0 aliphatic heterocycles. The van der Waals surface area contributed by atoms with Gasteiger partial charge in [-0.05, 0) is 6.92 Å². The van der Waals surface area contributed by atoms with E-state index in [1.54, 1.807) is 0 Å². The molecule has 0 aromatic carbocycles. The van der Waals surface area contributed by atoms with E-state index in [1.807, 2.05) is 0 Å². The Balaban J connectivity index is 5.29. The van der Waals surface area contributed by atoms with Crippen molar-refractivity contribution in [1.82, 2.24) is 0 Å². The summed E-state index contributed by atoms with van der Waals surface area (Å²) in [5.74, 6) is -1.79. The van der Waals surface area contributed by atoms with Crippen LogP contribution >= 0.6 is 0 Å². The highest BCUT2D eigenvalue weighted by Gasteiger charge is 2.67. The Labute approximate surface area is 77.2 Å². The predicted molar refractivity (Wildman–Crippen MR) is 39.0 cm³/mol. The van der Waals surface area contributed by atoms with Gasteiger partial charge in [0.1, 0.15) is 9.85 Å². The molecular formula is C5H5N3O6. The lowest BCUT2D eigenvalue weighted by atomic mass is 10.2. The third-order valence-corrected chi connectivity index (χ3v) is 1.24. The molecule has 0 N–H and O–H groups in total. The highest BCUT2D eigenvalue weighted by molar-refractivity contribution is 5.80. The van der Waals surface area contributed by atoms with Crippen LogP contribution in [0.5, 0.6) is 0 Å². The van der Waals surface area contributed by atoms with E-state index in [2.05, 4.69) is 4.74 Å². The molecule has 0 radical (unpaired) electrons. The summed E-state index contributed by atoms with van der Waals surface area (Å²) in [6.07, 6.45) is 0. The van der Waals surface area contributed by atoms with Gasteiger partial charge >= 0.3 is 11.6 Å². The molecule has 0 aliphatic carbocycles. The highest BCUT2D eigenvalue weighted by atomic mass is 16.7. The van der Waals surface area contributed by atoms with Crippen LogP contribution in [0.25, 0.3) is 0 Å². The molecule has 0 saturated carbocycles. The minimum absolute atomic E-state index is 0.288. The van der Waals surface area contributed by atoms with Crippen LogP contribution < -0.4 is 0 Å². The van der Waals surface area contributed by atoms with Crippen molar-refractivity contribution < 1.29 is 19.4 Å². The minimum Gasteiger partial charge on any atom is -0.454 e. The van der Waals surface area contributed by atoms with Crippen molar-refractivity contribution >= 4 is 5.97 Å². The predicted octanol–water partition coefficient (Wildman–Crippen LogP) is -0.677. The lowest BCUT2D eigenvalue weighted by Gasteiger charge is -2.07. The van der Waals surface area contributed by atoms with E-state index in [4.69, 9.17) is 5.26 Å². The maximum Gasteiger partial charge on any atom is 0.640 e. The summed E-state index contributed by atoms with van der Waals surface area (Å²) < 4.78 is 4.08. The number of nitro groups is 2. The van der Waals surface area contributed by atoms with E-state index in [9.17, 15) is 25.0 Å². The zero-order chi connectivity index (χ0) is 11.4. The Morgan fingerprint density at radius 3 is 2.14 bits per heavy atom. The first-order valence-corrected chi connectivity index (χ1v) is 3.31. The third-order valence-electron chi connectivity index (χ3n) is 1.24. The van der Waals surface area contributed by atoms with Crippen LogP contribution in [0, 0.1) is 31.6 Å². The fourth-order valence-corrected chi connectivity index (χ4v) is 0.575. The summed E-state index contributed by atoms with van der Waals surface area (Å²) in [7, 11) is 0. The Morgan fingerprint density at radius 2 is 1.93 bits per heavy atom. The van der Waals surface area contributed by atoms with Crippen molar-refractivity contribution in [3.63, 3.8) is 0 Å². The summed E-state index contributed by atoms with van der Waals surface area (Å²) in [6, 6.07) is 0.726. The van der Waals surface area contributed by atoms with Crippen molar-refractivity contribution in [1.29, 1.82) is 5.26 Å². The highest BCUT2D eigenvalue weighted by Crippen LogP contribution is 2.12. The molecule has 9 nitrogen and oxygen atoms in total. The lowest BCUT2D eigenvalue weighted by Crippen LogP contribution is -2.53. The standard InChI is InChI=1S/C5H5N3O6/c1-2-14-4(9)5(3-6,7(10)11)8(12)13/h2H2,1H3. The quantitative estimate of drug-likeness (QED) is 0.255. The molecule has 0 spiro atoms. The van der Waals surface area contributed by atoms with E-state index in [-0.39, 0.29) is 6.61 Å². The molecule has 0 aromatic rings. The zero-order valence-corrected chi connectivity index (χ0v) is 7.00. The molecule has 76 valence electrons. The summed E-state index contributed by atoms with van der Waals surface area (Å²) >= 11 is 0. The largest absolute Gasteiger partial charge is 0.640 e. The lowest BCUT2D eigenvalue weighted by molar-refractivity contribution is -0.759. The molecule has 0 unspecified atom stereocenters. The van der Waals surface area contributed by atoms with Crippen molar-refractivity contribution in [2.75, 3.05) is 6.61 Å². The van der Waals surface area contributed by atoms with Gasteiger partial charge in [-0.25, -0.2) is 4.79 Å². The molecule has 0 aromatic heterocycles. The van der Waals surface area contributed by atoms with Gasteiger partial charge in [0.2, 0.25) is 6.07 Å². The van der Waals surface area contributed by atoms with Crippen LogP contribution in [0.2, 0.25) is 0 Å². The maximum absolute atomic E-state index is 10.9. The smallest absolute Gasteiger partial charge is 0.454 e. The van der Waals surface area contributed by atoms with E-state index >= 15 is 0 Å². The molecule has 0 bridgehead atoms. The third kappa shape index (κ3) is 1.58. The molecule has 0 amide bonds. The van der Waals surface area contributed by atoms with E-state index in [0.29, 0.717) is 0 Å². The number of rotatable bonds is 4. The summed E-state index contributed by atoms with van der Waals surface area (Å²) in [5, 5.41) is 28.8. The van der Waals surface area contributed by atoms with Gasteiger partial charge < -0.3 is 4.74 Å². The van der Waals surface area contributed by atoms with Crippen LogP contribution in [-0.2, 0) is 9.53 Å². The first-order chi connectivity index (χ1) is 6.43. The van der Waals surface area contributed by atoms with Gasteiger partial charge in [-0.3, -0.25) is 20.2 Å². The van der Waals surface area contributed by atoms with E-state index in [0.717, 1.165) is 6.07 Å². The van der Waals surface area contributed by atoms with Gasteiger partial charge in [-0.15, -0.1) is 0 Å². The number of hydrogen-bond acceptors (Lipinski definition) is 7. The number of carbonyl (C=O) groups excluding carboxylic acids is 1. The Morgan fingerprint density at radius 1 is 1.50 bits per heavy atom. The van der Waals surface area contributed by atoms with Gasteiger partial charge in [0, 0.05) is 0 Å². The van der Waals surface area contributed by atoms with Crippen molar-refractivity contribution in [3.8, 4) is 6.07 Å². The first-order valence-electron chi connectivity index (χ1n) is 3.31. The fraction of sp³-hybridized carbons (Fsp3) is 0.600. The monoisotopic (exact) mass is 203 g/mol. The molecule has 0 aliphatic rings. The Hall–Kier alpha value is -2.24. The number of nitriles is 1. The number of ether oxygens (including phenoxy) is 1. The SMILES string of the molecule is CCOC(=O)C(C#N)([N+](=O)[O-])[N+](=O)[O-]. The second-order valence-electron chi connectivity index (χ2n) is 2.02. The van der Waals surface area contributed by atoms with Gasteiger partial charge in [-0.2, -0.15) is 5.26 Å². The van der Waals surface area contributed by atoms with Gasteiger partial charge in [0.05, 0.1) is 6.61 Å². The second-order valence-corrected chi connectivity index (χ2v) is 2.02. The van der Waals surface area contributed by atoms with Gasteiger partial charge in [0.15, 0.2) is 0 Å². The van der Waals surface area contributed by atoms with Crippen molar-refractivity contribution in [2.45, 2.75) is 12.6 Å². The molecule has 0 fully saturated rings. The minimum atomic E-state index is -3.56. The number of hydrogen-bond donors (Lipinski definition) is 0. The van der Waals surface area contributed by atoms with Crippen molar-refractivity contribution in [3.05, 3.63) is 20.2 Å². The molecule has 0 atom stereocenters. The van der Waals surface area contributed by atoms with E-state index < -0.39 is 21.5 Å². The molecule has 0 heterocycles. The molecule has 9 heteroatoms. The normalized spacial score (nSPS) is 10.0. The van der Waals surface area contributed by atoms with Crippen LogP contribution in [0.15, 0.2) is 0 Å². The van der Waals surface area contributed by atoms with Crippen molar-refractivity contribution in [2.24, 2.45) is 0 Å². The van der Waals surface area contributed by atoms with E-state index in [1.165, 1.54) is 6.92 Å². The fourth-order valence-electron chi connectivity index (χ4n) is 0.575. The summed E-state index contributed by atoms with van der Waals surface area (Å²) in [5.41, 5.74) is -3.56. The Bertz CT molecular complexity index is 304. The molecule has 14 heavy (non-hydrogen) atoms. The number of nitrogens with zero attached hydrogens (tertiary/aromatic N) is 3. The Kier molecular flexibility index (Phi) is 3.47. The molecular weight excluding hydrogens is 198 g/mol. The zero-order valence-electron chi connectivity index (χ0n) is 7.00. The van der Waals surface area contributed by atoms with Crippen LogP contribution in [-0.4, -0.2) is 28.1 Å². The summed E-state index contributed by atoms with van der Waals surface area (Å²) in [6.45, 7) is 1.02. The van der Waals surface area contributed by atoms with Crippen LogP contribution in [0.1, 0.15) is 6.92 Å². The average molecular weight is 203 g/mol. The molecule has 0 rings (SSSR count). The van der Waals surface area contributed by atoms with Crippen LogP contribution in [0.3, 0.4) is 0 Å². The number of carbonyl (C=O) groups is 1. The van der Waals surface area contributed by atoms with Gasteiger partial charge in [-0.1, -0.05) is 0 Å². The van der Waals surface area contributed by atoms with Crippen LogP contribution in [0.4, 0.5) is 0 Å². The first kappa shape index (κ1) is 11.8. The number of esters is 1. The summed E-state index contributed by atoms with van der Waals surface area (Å²) in [4.78, 5) is 28.2. The molecule has 0 saturated heterocycles. The van der Waals surface area contributed by atoms with Gasteiger partial charge in [0.25, 0.3) is 0 Å². The maximum atomic E-state index is 10.9. The average Bonchev–Trinajstić information content (AvgIpc) is 2.05.